The Morgan fingerprint density at radius 3 is 2.50 bits per heavy atom. The van der Waals surface area contributed by atoms with Crippen molar-refractivity contribution in [3.8, 4) is 5.75 Å². The molecule has 0 amide bonds. The van der Waals surface area contributed by atoms with Gasteiger partial charge in [-0.05, 0) is 12.1 Å². The molecule has 1 aromatic carbocycles. The molecule has 4 heteroatoms. The topological polar surface area (TPSA) is 84.3 Å². The lowest BCUT2D eigenvalue weighted by Gasteiger charge is -2.04. The fraction of sp³-hybridized carbons (Fsp3) is 0. The highest BCUT2D eigenvalue weighted by Crippen LogP contribution is 2.27. The van der Waals surface area contributed by atoms with E-state index in [1.165, 1.54) is 6.07 Å². The van der Waals surface area contributed by atoms with Gasteiger partial charge in [-0.2, -0.15) is 0 Å². The lowest BCUT2D eigenvalue weighted by molar-refractivity contribution is 0.477. The largest absolute Gasteiger partial charge is 0.506 e. The summed E-state index contributed by atoms with van der Waals surface area (Å²) < 4.78 is 0. The lowest BCUT2D eigenvalue weighted by atomic mass is 10.2. The molecule has 0 aliphatic heterocycles. The molecule has 1 aromatic rings. The third-order valence-electron chi connectivity index (χ3n) is 1.22. The number of nitrogens with one attached hydrogen (secondary N) is 1. The van der Waals surface area contributed by atoms with Crippen LogP contribution in [0, 0.1) is 0 Å². The maximum absolute atomic E-state index is 9.07. The van der Waals surface area contributed by atoms with Gasteiger partial charge in [0.2, 0.25) is 0 Å². The van der Waals surface area contributed by atoms with Gasteiger partial charge in [0, 0.05) is 0 Å². The number of hydrogen-bond donors (Lipinski definition) is 4. The number of phenolic OH excluding ortho intramolecular Hbond substituents is 1. The summed E-state index contributed by atoms with van der Waals surface area (Å²) in [5.74, 6) is 5.12. The van der Waals surface area contributed by atoms with Crippen LogP contribution in [0.1, 0.15) is 0 Å². The zero-order valence-electron chi connectivity index (χ0n) is 5.33. The van der Waals surface area contributed by atoms with Gasteiger partial charge in [-0.15, -0.1) is 0 Å². The minimum Gasteiger partial charge on any atom is -0.506 e. The Morgan fingerprint density at radius 2 is 2.10 bits per heavy atom. The molecule has 0 saturated heterocycles. The number of hydrazine groups is 1. The van der Waals surface area contributed by atoms with Crippen LogP contribution in [-0.4, -0.2) is 5.11 Å². The maximum atomic E-state index is 9.07. The first-order chi connectivity index (χ1) is 4.75. The number of aromatic hydroxyl groups is 1. The van der Waals surface area contributed by atoms with Crippen molar-refractivity contribution >= 4 is 11.4 Å². The number of hydrogen-bond acceptors (Lipinski definition) is 4. The normalized spacial score (nSPS) is 9.30. The van der Waals surface area contributed by atoms with E-state index in [0.717, 1.165) is 0 Å². The zero-order valence-corrected chi connectivity index (χ0v) is 5.33. The van der Waals surface area contributed by atoms with Crippen LogP contribution in [0.5, 0.6) is 5.75 Å². The highest BCUT2D eigenvalue weighted by atomic mass is 16.3. The number of phenols is 1. The summed E-state index contributed by atoms with van der Waals surface area (Å²) in [6.07, 6.45) is 0. The molecule has 0 atom stereocenters. The first kappa shape index (κ1) is 6.70. The lowest BCUT2D eigenvalue weighted by Crippen LogP contribution is -2.08. The van der Waals surface area contributed by atoms with E-state index < -0.39 is 0 Å². The van der Waals surface area contributed by atoms with Gasteiger partial charge in [0.25, 0.3) is 0 Å². The molecule has 0 aliphatic carbocycles. The average Bonchev–Trinajstić information content (AvgIpc) is 1.88. The van der Waals surface area contributed by atoms with Crippen LogP contribution in [0.3, 0.4) is 0 Å². The molecule has 10 heavy (non-hydrogen) atoms. The van der Waals surface area contributed by atoms with E-state index in [2.05, 4.69) is 5.43 Å². The second-order valence-electron chi connectivity index (χ2n) is 1.89. The Labute approximate surface area is 58.4 Å². The number of anilines is 2. The van der Waals surface area contributed by atoms with E-state index in [1.807, 2.05) is 0 Å². The second-order valence-corrected chi connectivity index (χ2v) is 1.89. The van der Waals surface area contributed by atoms with Crippen molar-refractivity contribution in [3.63, 3.8) is 0 Å². The monoisotopic (exact) mass is 139 g/mol. The number of nitrogens with two attached hydrogens (primary N) is 2. The summed E-state index contributed by atoms with van der Waals surface area (Å²) in [4.78, 5) is 0. The highest BCUT2D eigenvalue weighted by Gasteiger charge is 2.00. The van der Waals surface area contributed by atoms with E-state index in [9.17, 15) is 0 Å². The zero-order chi connectivity index (χ0) is 7.56. The molecule has 4 nitrogen and oxygen atoms in total. The van der Waals surface area contributed by atoms with Crippen LogP contribution >= 0.6 is 0 Å². The highest BCUT2D eigenvalue weighted by molar-refractivity contribution is 5.72. The van der Waals surface area contributed by atoms with Gasteiger partial charge < -0.3 is 16.3 Å². The summed E-state index contributed by atoms with van der Waals surface area (Å²) in [5, 5.41) is 9.07. The summed E-state index contributed by atoms with van der Waals surface area (Å²) >= 11 is 0. The predicted octanol–water partition coefficient (Wildman–Crippen LogP) is 0.260. The second kappa shape index (κ2) is 2.45. The van der Waals surface area contributed by atoms with Crippen molar-refractivity contribution in [2.45, 2.75) is 0 Å². The smallest absolute Gasteiger partial charge is 0.142 e. The quantitative estimate of drug-likeness (QED) is 0.194. The third-order valence-corrected chi connectivity index (χ3v) is 1.22. The van der Waals surface area contributed by atoms with Crippen molar-refractivity contribution in [2.24, 2.45) is 5.84 Å². The molecule has 0 spiro atoms. The summed E-state index contributed by atoms with van der Waals surface area (Å²) in [6, 6.07) is 4.80. The van der Waals surface area contributed by atoms with Gasteiger partial charge in [0.1, 0.15) is 11.4 Å². The van der Waals surface area contributed by atoms with E-state index in [1.54, 1.807) is 12.1 Å². The van der Waals surface area contributed by atoms with Crippen LogP contribution in [0.25, 0.3) is 0 Å². The van der Waals surface area contributed by atoms with Gasteiger partial charge in [0.05, 0.1) is 5.69 Å². The van der Waals surface area contributed by atoms with Gasteiger partial charge in [-0.1, -0.05) is 6.07 Å². The fourth-order valence-corrected chi connectivity index (χ4v) is 0.715. The summed E-state index contributed by atoms with van der Waals surface area (Å²) in [5.41, 5.74) is 8.51. The SMILES string of the molecule is NNc1c(N)cccc1O. The van der Waals surface area contributed by atoms with Crippen LogP contribution in [0.4, 0.5) is 11.4 Å². The van der Waals surface area contributed by atoms with Crippen molar-refractivity contribution < 1.29 is 5.11 Å². The Kier molecular flexibility index (Phi) is 1.64. The number of para-hydroxylation sites is 1. The van der Waals surface area contributed by atoms with Crippen LogP contribution in [0.2, 0.25) is 0 Å². The van der Waals surface area contributed by atoms with Crippen LogP contribution < -0.4 is 17.0 Å². The summed E-state index contributed by atoms with van der Waals surface area (Å²) in [6.45, 7) is 0. The predicted molar refractivity (Wildman–Crippen MR) is 40.3 cm³/mol. The first-order valence-corrected chi connectivity index (χ1v) is 2.79. The maximum Gasteiger partial charge on any atom is 0.142 e. The van der Waals surface area contributed by atoms with E-state index >= 15 is 0 Å². The fourth-order valence-electron chi connectivity index (χ4n) is 0.715. The minimum atomic E-state index is 0.0579. The van der Waals surface area contributed by atoms with E-state index in [0.29, 0.717) is 11.4 Å². The molecular weight excluding hydrogens is 130 g/mol. The molecule has 6 N–H and O–H groups in total. The Morgan fingerprint density at radius 1 is 1.40 bits per heavy atom. The van der Waals surface area contributed by atoms with Gasteiger partial charge in [0.15, 0.2) is 0 Å². The molecule has 0 bridgehead atoms. The van der Waals surface area contributed by atoms with Gasteiger partial charge in [-0.25, -0.2) is 0 Å². The van der Waals surface area contributed by atoms with E-state index in [4.69, 9.17) is 16.7 Å². The molecule has 0 unspecified atom stereocenters. The molecule has 0 aromatic heterocycles. The average molecular weight is 139 g/mol. The molecule has 0 heterocycles. The van der Waals surface area contributed by atoms with Crippen molar-refractivity contribution in [1.29, 1.82) is 0 Å². The van der Waals surface area contributed by atoms with Crippen LogP contribution in [0.15, 0.2) is 18.2 Å². The van der Waals surface area contributed by atoms with Gasteiger partial charge in [-0.3, -0.25) is 5.84 Å². The molecule has 0 saturated carbocycles. The van der Waals surface area contributed by atoms with Gasteiger partial charge >= 0.3 is 0 Å². The summed E-state index contributed by atoms with van der Waals surface area (Å²) in [7, 11) is 0. The first-order valence-electron chi connectivity index (χ1n) is 2.79. The number of benzene rings is 1. The minimum absolute atomic E-state index is 0.0579. The number of nitrogen functional groups attached to an aromatic ring is 2. The number of rotatable bonds is 1. The van der Waals surface area contributed by atoms with Crippen molar-refractivity contribution in [3.05, 3.63) is 18.2 Å². The molecule has 0 radical (unpaired) electrons. The molecule has 1 rings (SSSR count). The Balaban J connectivity index is 3.17. The molecule has 54 valence electrons. The molecule has 0 aliphatic rings. The Hall–Kier alpha value is -1.42. The van der Waals surface area contributed by atoms with Crippen LogP contribution in [-0.2, 0) is 0 Å². The van der Waals surface area contributed by atoms with Crippen molar-refractivity contribution in [2.75, 3.05) is 11.2 Å². The third kappa shape index (κ3) is 0.964. The Bertz CT molecular complexity index is 216. The van der Waals surface area contributed by atoms with Crippen molar-refractivity contribution in [1.82, 2.24) is 0 Å². The van der Waals surface area contributed by atoms with E-state index in [-0.39, 0.29) is 5.75 Å². The molecule has 0 fully saturated rings. The molecular formula is C6H9N3O. The standard InChI is InChI=1S/C6H9N3O/c7-4-2-1-3-5(10)6(4)9-8/h1-3,9-10H,7-8H2.